The van der Waals surface area contributed by atoms with Crippen molar-refractivity contribution in [2.75, 3.05) is 0 Å². The van der Waals surface area contributed by atoms with Crippen molar-refractivity contribution < 1.29 is 0 Å². The Balaban J connectivity index is 2.99. The average Bonchev–Trinajstić information content (AvgIpc) is 2.39. The first-order valence-electron chi connectivity index (χ1n) is 3.43. The van der Waals surface area contributed by atoms with Crippen LogP contribution < -0.4 is 5.56 Å². The van der Waals surface area contributed by atoms with Crippen LogP contribution in [0.15, 0.2) is 26.9 Å². The summed E-state index contributed by atoms with van der Waals surface area (Å²) in [5.41, 5.74) is 0.0643. The standard InChI is InChI=1S/C8H6BrNOS/c1-10-3-2-6-5(8(10)11)4-7(9)12-6/h2-4H,1H3. The van der Waals surface area contributed by atoms with E-state index in [1.807, 2.05) is 12.1 Å². The molecule has 0 saturated heterocycles. The molecule has 0 unspecified atom stereocenters. The molecule has 0 N–H and O–H groups in total. The normalized spacial score (nSPS) is 10.8. The van der Waals surface area contributed by atoms with Gasteiger partial charge in [0.2, 0.25) is 0 Å². The first kappa shape index (κ1) is 8.01. The summed E-state index contributed by atoms with van der Waals surface area (Å²) in [6, 6.07) is 3.81. The third-order valence-corrected chi connectivity index (χ3v) is 3.33. The molecule has 0 radical (unpaired) electrons. The summed E-state index contributed by atoms with van der Waals surface area (Å²) in [4.78, 5) is 11.5. The fraction of sp³-hybridized carbons (Fsp3) is 0.125. The summed E-state index contributed by atoms with van der Waals surface area (Å²) < 4.78 is 3.62. The molecule has 0 saturated carbocycles. The topological polar surface area (TPSA) is 22.0 Å². The largest absolute Gasteiger partial charge is 0.318 e. The number of aryl methyl sites for hydroxylation is 1. The van der Waals surface area contributed by atoms with Gasteiger partial charge >= 0.3 is 0 Å². The number of hydrogen-bond acceptors (Lipinski definition) is 2. The summed E-state index contributed by atoms with van der Waals surface area (Å²) in [5.74, 6) is 0. The summed E-state index contributed by atoms with van der Waals surface area (Å²) >= 11 is 4.93. The number of aromatic nitrogens is 1. The van der Waals surface area contributed by atoms with Gasteiger partial charge in [0.05, 0.1) is 9.17 Å². The van der Waals surface area contributed by atoms with E-state index in [-0.39, 0.29) is 5.56 Å². The van der Waals surface area contributed by atoms with Crippen LogP contribution in [0.1, 0.15) is 0 Å². The van der Waals surface area contributed by atoms with Gasteiger partial charge < -0.3 is 4.57 Å². The van der Waals surface area contributed by atoms with Crippen molar-refractivity contribution in [3.8, 4) is 0 Å². The second-order valence-corrected chi connectivity index (χ2v) is 5.02. The predicted octanol–water partition coefficient (Wildman–Crippen LogP) is 2.36. The van der Waals surface area contributed by atoms with Crippen molar-refractivity contribution in [1.82, 2.24) is 4.57 Å². The zero-order valence-corrected chi connectivity index (χ0v) is 8.78. The Hall–Kier alpha value is -0.610. The smallest absolute Gasteiger partial charge is 0.259 e. The molecule has 0 atom stereocenters. The van der Waals surface area contributed by atoms with Gasteiger partial charge in [-0.2, -0.15) is 0 Å². The lowest BCUT2D eigenvalue weighted by molar-refractivity contribution is 0.874. The minimum absolute atomic E-state index is 0.0643. The molecular formula is C8H6BrNOS. The Labute approximate surface area is 81.6 Å². The zero-order valence-electron chi connectivity index (χ0n) is 6.37. The van der Waals surface area contributed by atoms with E-state index in [9.17, 15) is 4.79 Å². The number of rotatable bonds is 0. The lowest BCUT2D eigenvalue weighted by Crippen LogP contribution is -2.14. The Morgan fingerprint density at radius 3 is 3.08 bits per heavy atom. The average molecular weight is 244 g/mol. The molecular weight excluding hydrogens is 238 g/mol. The zero-order chi connectivity index (χ0) is 8.72. The summed E-state index contributed by atoms with van der Waals surface area (Å²) in [7, 11) is 1.76. The van der Waals surface area contributed by atoms with E-state index in [0.29, 0.717) is 0 Å². The van der Waals surface area contributed by atoms with Crippen LogP contribution in [-0.4, -0.2) is 4.57 Å². The van der Waals surface area contributed by atoms with E-state index in [0.717, 1.165) is 13.9 Å². The van der Waals surface area contributed by atoms with Crippen LogP contribution >= 0.6 is 27.3 Å². The van der Waals surface area contributed by atoms with Crippen molar-refractivity contribution in [3.05, 3.63) is 32.5 Å². The van der Waals surface area contributed by atoms with Crippen LogP contribution in [0.3, 0.4) is 0 Å². The van der Waals surface area contributed by atoms with Gasteiger partial charge in [0.15, 0.2) is 0 Å². The van der Waals surface area contributed by atoms with Crippen molar-refractivity contribution in [2.24, 2.45) is 7.05 Å². The molecule has 0 fully saturated rings. The fourth-order valence-electron chi connectivity index (χ4n) is 1.10. The van der Waals surface area contributed by atoms with Gasteiger partial charge in [0, 0.05) is 17.9 Å². The van der Waals surface area contributed by atoms with Crippen LogP contribution in [0, 0.1) is 0 Å². The molecule has 0 aliphatic carbocycles. The minimum atomic E-state index is 0.0643. The van der Waals surface area contributed by atoms with Crippen molar-refractivity contribution in [3.63, 3.8) is 0 Å². The SMILES string of the molecule is Cn1ccc2sc(Br)cc2c1=O. The summed E-state index contributed by atoms with van der Waals surface area (Å²) in [6.45, 7) is 0. The molecule has 0 aromatic carbocycles. The third kappa shape index (κ3) is 1.11. The molecule has 0 bridgehead atoms. The highest BCUT2D eigenvalue weighted by Gasteiger charge is 2.03. The fourth-order valence-corrected chi connectivity index (χ4v) is 2.63. The van der Waals surface area contributed by atoms with Crippen molar-refractivity contribution in [2.45, 2.75) is 0 Å². The van der Waals surface area contributed by atoms with Gasteiger partial charge in [-0.25, -0.2) is 0 Å². The molecule has 62 valence electrons. The molecule has 12 heavy (non-hydrogen) atoms. The molecule has 0 aliphatic rings. The van der Waals surface area contributed by atoms with Gasteiger partial charge in [-0.15, -0.1) is 11.3 Å². The molecule has 2 heterocycles. The van der Waals surface area contributed by atoms with Crippen molar-refractivity contribution >= 4 is 37.4 Å². The number of thiophene rings is 1. The monoisotopic (exact) mass is 243 g/mol. The van der Waals surface area contributed by atoms with E-state index < -0.39 is 0 Å². The number of pyridine rings is 1. The third-order valence-electron chi connectivity index (χ3n) is 1.73. The Kier molecular flexibility index (Phi) is 1.81. The van der Waals surface area contributed by atoms with E-state index in [2.05, 4.69) is 15.9 Å². The second-order valence-electron chi connectivity index (χ2n) is 2.56. The minimum Gasteiger partial charge on any atom is -0.318 e. The van der Waals surface area contributed by atoms with E-state index in [1.165, 1.54) is 0 Å². The van der Waals surface area contributed by atoms with Crippen LogP contribution in [-0.2, 0) is 7.05 Å². The van der Waals surface area contributed by atoms with Gasteiger partial charge in [-0.05, 0) is 28.1 Å². The molecule has 2 rings (SSSR count). The van der Waals surface area contributed by atoms with Gasteiger partial charge in [0.1, 0.15) is 0 Å². The van der Waals surface area contributed by atoms with Gasteiger partial charge in [-0.3, -0.25) is 4.79 Å². The van der Waals surface area contributed by atoms with E-state index >= 15 is 0 Å². The lowest BCUT2D eigenvalue weighted by atomic mass is 10.3. The Morgan fingerprint density at radius 2 is 2.33 bits per heavy atom. The van der Waals surface area contributed by atoms with Crippen LogP contribution in [0.4, 0.5) is 0 Å². The van der Waals surface area contributed by atoms with E-state index in [4.69, 9.17) is 0 Å². The van der Waals surface area contributed by atoms with Gasteiger partial charge in [-0.1, -0.05) is 0 Å². The number of halogens is 1. The Morgan fingerprint density at radius 1 is 1.58 bits per heavy atom. The second kappa shape index (κ2) is 2.71. The predicted molar refractivity (Wildman–Crippen MR) is 54.8 cm³/mol. The van der Waals surface area contributed by atoms with Gasteiger partial charge in [0.25, 0.3) is 5.56 Å². The maximum absolute atomic E-state index is 11.5. The number of fused-ring (bicyclic) bond motifs is 1. The molecule has 2 aromatic rings. The van der Waals surface area contributed by atoms with E-state index in [1.54, 1.807) is 29.1 Å². The summed E-state index contributed by atoms with van der Waals surface area (Å²) in [6.07, 6.45) is 1.79. The van der Waals surface area contributed by atoms with Crippen molar-refractivity contribution in [1.29, 1.82) is 0 Å². The van der Waals surface area contributed by atoms with Crippen LogP contribution in [0.2, 0.25) is 0 Å². The highest BCUT2D eigenvalue weighted by molar-refractivity contribution is 9.11. The maximum Gasteiger partial charge on any atom is 0.259 e. The molecule has 2 nitrogen and oxygen atoms in total. The quantitative estimate of drug-likeness (QED) is 0.697. The highest BCUT2D eigenvalue weighted by atomic mass is 79.9. The molecule has 4 heteroatoms. The van der Waals surface area contributed by atoms with Crippen LogP contribution in [0.25, 0.3) is 10.1 Å². The first-order chi connectivity index (χ1) is 5.68. The Bertz CT molecular complexity index is 485. The molecule has 0 spiro atoms. The molecule has 0 amide bonds. The molecule has 2 aromatic heterocycles. The first-order valence-corrected chi connectivity index (χ1v) is 5.04. The summed E-state index contributed by atoms with van der Waals surface area (Å²) in [5, 5.41) is 0.789. The van der Waals surface area contributed by atoms with Crippen LogP contribution in [0.5, 0.6) is 0 Å². The number of nitrogens with zero attached hydrogens (tertiary/aromatic N) is 1. The highest BCUT2D eigenvalue weighted by Crippen LogP contribution is 2.26. The maximum atomic E-state index is 11.5. The molecule has 0 aliphatic heterocycles. The lowest BCUT2D eigenvalue weighted by Gasteiger charge is -1.93. The number of hydrogen-bond donors (Lipinski definition) is 0.